The predicted molar refractivity (Wildman–Crippen MR) is 186 cm³/mol. The molecule has 1 saturated heterocycles. The van der Waals surface area contributed by atoms with Gasteiger partial charge in [0.15, 0.2) is 5.75 Å². The van der Waals surface area contributed by atoms with Gasteiger partial charge in [0.2, 0.25) is 15.9 Å². The molecule has 0 radical (unpaired) electrons. The zero-order valence-corrected chi connectivity index (χ0v) is 30.5. The number of methoxy groups -OCH3 is 1. The highest BCUT2D eigenvalue weighted by atomic mass is 35.5. The molecule has 1 aromatic heterocycles. The van der Waals surface area contributed by atoms with E-state index in [0.29, 0.717) is 38.4 Å². The summed E-state index contributed by atoms with van der Waals surface area (Å²) in [5, 5.41) is 4.67. The highest BCUT2D eigenvalue weighted by molar-refractivity contribution is 7.92. The highest BCUT2D eigenvalue weighted by Crippen LogP contribution is 2.39. The van der Waals surface area contributed by atoms with Gasteiger partial charge < -0.3 is 24.4 Å². The molecule has 2 N–H and O–H groups in total. The molecule has 2 heterocycles. The third-order valence-electron chi connectivity index (χ3n) is 7.12. The molecule has 0 aliphatic carbocycles. The van der Waals surface area contributed by atoms with Gasteiger partial charge in [-0.2, -0.15) is 0 Å². The summed E-state index contributed by atoms with van der Waals surface area (Å²) < 4.78 is 43.4. The number of halogens is 1. The van der Waals surface area contributed by atoms with Crippen molar-refractivity contribution >= 4 is 45.1 Å². The number of nitrogens with one attached hydrogen (secondary N) is 2. The van der Waals surface area contributed by atoms with Gasteiger partial charge in [-0.05, 0) is 62.1 Å². The zero-order chi connectivity index (χ0) is 36.1. The maximum Gasteiger partial charge on any atom is 0.528 e. The fourth-order valence-corrected chi connectivity index (χ4v) is 5.49. The Labute approximate surface area is 292 Å². The molecule has 1 aliphatic rings. The van der Waals surface area contributed by atoms with Gasteiger partial charge in [-0.3, -0.25) is 14.4 Å². The molecular weight excluding hydrogens is 676 g/mol. The van der Waals surface area contributed by atoms with Gasteiger partial charge in [-0.25, -0.2) is 23.2 Å². The lowest BCUT2D eigenvalue weighted by Gasteiger charge is -2.33. The van der Waals surface area contributed by atoms with E-state index in [4.69, 9.17) is 30.6 Å². The number of anilines is 2. The number of carbonyl (C=O) groups excluding carboxylic acids is 2. The van der Waals surface area contributed by atoms with E-state index in [1.165, 1.54) is 31.6 Å². The van der Waals surface area contributed by atoms with Crippen LogP contribution in [0.1, 0.15) is 63.2 Å². The first-order chi connectivity index (χ1) is 22.8. The maximum absolute atomic E-state index is 13.5. The Morgan fingerprint density at radius 2 is 1.63 bits per heavy atom. The first-order valence-corrected chi connectivity index (χ1v) is 17.7. The van der Waals surface area contributed by atoms with Crippen molar-refractivity contribution in [1.29, 1.82) is 0 Å². The summed E-state index contributed by atoms with van der Waals surface area (Å²) in [5.41, 5.74) is 1.15. The molecule has 2 aromatic carbocycles. The van der Waals surface area contributed by atoms with E-state index in [1.54, 1.807) is 44.0 Å². The second-order valence-electron chi connectivity index (χ2n) is 13.5. The zero-order valence-electron chi connectivity index (χ0n) is 28.9. The number of carbonyl (C=O) groups is 2. The molecule has 4 rings (SSSR count). The summed E-state index contributed by atoms with van der Waals surface area (Å²) in [6, 6.07) is 9.67. The molecule has 0 spiro atoms. The van der Waals surface area contributed by atoms with E-state index >= 15 is 0 Å². The molecule has 49 heavy (non-hydrogen) atoms. The Morgan fingerprint density at radius 1 is 0.959 bits per heavy atom. The van der Waals surface area contributed by atoms with Gasteiger partial charge in [-0.1, -0.05) is 32.4 Å². The lowest BCUT2D eigenvalue weighted by molar-refractivity contribution is -0.158. The second kappa shape index (κ2) is 15.2. The van der Waals surface area contributed by atoms with Crippen LogP contribution >= 0.6 is 11.6 Å². The quantitative estimate of drug-likeness (QED) is 0.242. The van der Waals surface area contributed by atoms with E-state index in [-0.39, 0.29) is 44.8 Å². The number of sulfonamides is 1. The minimum Gasteiger partial charge on any atom is -0.492 e. The predicted octanol–water partition coefficient (Wildman–Crippen LogP) is 5.84. The number of aromatic nitrogens is 2. The number of ether oxygens (including phenoxy) is 3. The number of piperazine rings is 1. The largest absolute Gasteiger partial charge is 0.528 e. The van der Waals surface area contributed by atoms with Gasteiger partial charge in [0.05, 0.1) is 35.5 Å². The molecule has 0 atom stereocenters. The van der Waals surface area contributed by atoms with Crippen molar-refractivity contribution in [2.75, 3.05) is 49.6 Å². The Hall–Kier alpha value is -4.18. The summed E-state index contributed by atoms with van der Waals surface area (Å²) in [7, 11) is -2.25. The average Bonchev–Trinajstić information content (AvgIpc) is 2.97. The summed E-state index contributed by atoms with van der Waals surface area (Å²) in [6.07, 6.45) is 1.69. The van der Waals surface area contributed by atoms with Gasteiger partial charge in [0.1, 0.15) is 17.7 Å². The number of rotatable bonds is 10. The number of amides is 1. The SMILES string of the molecule is COc1c(NC(=O)c2ccc(Cl)c(Oc3cc(CN4CCN(OC(=O)OC(C)(C)C)CC4)ncn3)c2)cc(C(C)(C)C)cc1NS(C)(=O)=O. The smallest absolute Gasteiger partial charge is 0.492 e. The van der Waals surface area contributed by atoms with Crippen molar-refractivity contribution in [3.63, 3.8) is 0 Å². The minimum absolute atomic E-state index is 0.155. The molecule has 266 valence electrons. The number of benzene rings is 2. The van der Waals surface area contributed by atoms with Crippen LogP contribution in [-0.2, 0) is 31.6 Å². The average molecular weight is 719 g/mol. The Kier molecular flexibility index (Phi) is 11.6. The topological polar surface area (TPSA) is 162 Å². The van der Waals surface area contributed by atoms with E-state index < -0.39 is 27.7 Å². The van der Waals surface area contributed by atoms with Crippen LogP contribution in [0.5, 0.6) is 17.4 Å². The number of nitrogens with zero attached hydrogens (tertiary/aromatic N) is 4. The third kappa shape index (κ3) is 11.2. The van der Waals surface area contributed by atoms with Crippen molar-refractivity contribution in [3.05, 3.63) is 64.6 Å². The van der Waals surface area contributed by atoms with Crippen LogP contribution in [0.15, 0.2) is 42.7 Å². The maximum atomic E-state index is 13.5. The molecule has 1 aliphatic heterocycles. The van der Waals surface area contributed by atoms with Gasteiger partial charge >= 0.3 is 6.16 Å². The van der Waals surface area contributed by atoms with Crippen molar-refractivity contribution in [3.8, 4) is 17.4 Å². The number of hydroxylamine groups is 2. The molecule has 0 bridgehead atoms. The van der Waals surface area contributed by atoms with Crippen LogP contribution in [0, 0.1) is 0 Å². The lowest BCUT2D eigenvalue weighted by Crippen LogP contribution is -2.47. The van der Waals surface area contributed by atoms with Crippen molar-refractivity contribution < 1.29 is 37.1 Å². The van der Waals surface area contributed by atoms with Crippen LogP contribution in [0.4, 0.5) is 16.2 Å². The van der Waals surface area contributed by atoms with Crippen LogP contribution in [0.3, 0.4) is 0 Å². The van der Waals surface area contributed by atoms with Crippen LogP contribution < -0.4 is 19.5 Å². The Balaban J connectivity index is 1.45. The first kappa shape index (κ1) is 37.6. The summed E-state index contributed by atoms with van der Waals surface area (Å²) in [6.45, 7) is 14.0. The molecule has 16 heteroatoms. The third-order valence-corrected chi connectivity index (χ3v) is 8.02. The van der Waals surface area contributed by atoms with Gasteiger partial charge in [0.25, 0.3) is 5.91 Å². The van der Waals surface area contributed by atoms with E-state index in [0.717, 1.165) is 11.8 Å². The van der Waals surface area contributed by atoms with Gasteiger partial charge in [-0.15, -0.1) is 5.06 Å². The summed E-state index contributed by atoms with van der Waals surface area (Å²) >= 11 is 6.45. The molecule has 1 fully saturated rings. The van der Waals surface area contributed by atoms with E-state index in [1.807, 2.05) is 20.8 Å². The molecule has 1 amide bonds. The lowest BCUT2D eigenvalue weighted by atomic mass is 9.86. The summed E-state index contributed by atoms with van der Waals surface area (Å²) in [5.74, 6) is 0.0751. The number of hydrogen-bond donors (Lipinski definition) is 2. The standard InChI is InChI=1S/C33H43ClN6O8S/c1-32(2,3)22-16-25(29(45-7)26(17-22)38-49(8,43)44)37-30(41)21-9-10-24(34)27(15-21)46-28-18-23(35-20-36-28)19-39-11-13-40(14-12-39)48-31(42)47-33(4,5)6/h9-10,15-18,20,38H,11-14,19H2,1-8H3,(H,37,41). The molecular formula is C33H43ClN6O8S. The van der Waals surface area contributed by atoms with Crippen molar-refractivity contribution in [1.82, 2.24) is 19.9 Å². The van der Waals surface area contributed by atoms with E-state index in [9.17, 15) is 18.0 Å². The summed E-state index contributed by atoms with van der Waals surface area (Å²) in [4.78, 5) is 41.5. The van der Waals surface area contributed by atoms with Crippen LogP contribution in [0.25, 0.3) is 0 Å². The van der Waals surface area contributed by atoms with E-state index in [2.05, 4.69) is 24.9 Å². The fourth-order valence-electron chi connectivity index (χ4n) is 4.78. The molecule has 3 aromatic rings. The van der Waals surface area contributed by atoms with Crippen molar-refractivity contribution in [2.45, 2.75) is 59.1 Å². The second-order valence-corrected chi connectivity index (χ2v) is 15.7. The Bertz CT molecular complexity index is 1780. The van der Waals surface area contributed by atoms with Crippen LogP contribution in [-0.4, -0.2) is 85.6 Å². The van der Waals surface area contributed by atoms with Crippen molar-refractivity contribution in [2.24, 2.45) is 0 Å². The normalized spacial score (nSPS) is 14.6. The molecule has 0 saturated carbocycles. The monoisotopic (exact) mass is 718 g/mol. The molecule has 0 unspecified atom stereocenters. The molecule has 14 nitrogen and oxygen atoms in total. The fraction of sp³-hybridized carbons (Fsp3) is 0.455. The Morgan fingerprint density at radius 3 is 2.24 bits per heavy atom. The highest BCUT2D eigenvalue weighted by Gasteiger charge is 2.25. The minimum atomic E-state index is -3.64. The number of hydrogen-bond acceptors (Lipinski definition) is 12. The van der Waals surface area contributed by atoms with Gasteiger partial charge in [0, 0.05) is 44.4 Å². The van der Waals surface area contributed by atoms with Crippen LogP contribution in [0.2, 0.25) is 5.02 Å². The first-order valence-electron chi connectivity index (χ1n) is 15.5.